The second-order valence-corrected chi connectivity index (χ2v) is 9.16. The number of Topliss-reactive ketones (excluding diaryl/α,β-unsaturated/α-hetero) is 2. The van der Waals surface area contributed by atoms with E-state index >= 15 is 0 Å². The zero-order valence-corrected chi connectivity index (χ0v) is 20.3. The van der Waals surface area contributed by atoms with Crippen LogP contribution in [0.5, 0.6) is 0 Å². The summed E-state index contributed by atoms with van der Waals surface area (Å²) < 4.78 is 10.6. The van der Waals surface area contributed by atoms with Gasteiger partial charge in [-0.3, -0.25) is 19.2 Å². The summed E-state index contributed by atoms with van der Waals surface area (Å²) in [5, 5.41) is 0. The van der Waals surface area contributed by atoms with Crippen LogP contribution in [0.3, 0.4) is 0 Å². The topological polar surface area (TPSA) is 86.7 Å². The molecule has 34 heavy (non-hydrogen) atoms. The van der Waals surface area contributed by atoms with E-state index in [2.05, 4.69) is 0 Å². The van der Waals surface area contributed by atoms with Crippen molar-refractivity contribution < 1.29 is 28.7 Å². The number of aryl methyl sites for hydroxylation is 4. The molecule has 0 radical (unpaired) electrons. The molecule has 2 aromatic carbocycles. The molecule has 0 spiro atoms. The molecule has 0 aromatic heterocycles. The molecule has 0 bridgehead atoms. The molecule has 2 atom stereocenters. The molecule has 6 nitrogen and oxygen atoms in total. The highest BCUT2D eigenvalue weighted by Crippen LogP contribution is 2.32. The van der Waals surface area contributed by atoms with Crippen molar-refractivity contribution in [3.05, 3.63) is 69.8 Å². The van der Waals surface area contributed by atoms with Gasteiger partial charge in [0.15, 0.2) is 24.8 Å². The lowest BCUT2D eigenvalue weighted by atomic mass is 9.79. The van der Waals surface area contributed by atoms with Gasteiger partial charge >= 0.3 is 11.9 Å². The number of hydrogen-bond donors (Lipinski definition) is 0. The number of benzene rings is 2. The first-order chi connectivity index (χ1) is 16.2. The SMILES string of the molecule is Cc1ccc(C(=O)COC(=O)[C@H]2CCCC[C@H]2C(=O)OCC(=O)c2ccc(C)c(C)c2)cc1C. The van der Waals surface area contributed by atoms with Gasteiger partial charge in [-0.15, -0.1) is 0 Å². The minimum atomic E-state index is -0.675. The van der Waals surface area contributed by atoms with Crippen LogP contribution in [0.1, 0.15) is 68.7 Å². The standard InChI is InChI=1S/C28H32O6/c1-17-9-11-21(13-19(17)3)25(29)15-33-27(31)23-7-5-6-8-24(23)28(32)34-16-26(30)22-12-10-18(2)20(4)14-22/h9-14,23-24H,5-8,15-16H2,1-4H3/t23-,24+. The van der Waals surface area contributed by atoms with Crippen molar-refractivity contribution in [3.8, 4) is 0 Å². The summed E-state index contributed by atoms with van der Waals surface area (Å²) in [6.45, 7) is 7.01. The Hall–Kier alpha value is -3.28. The molecule has 1 saturated carbocycles. The quantitative estimate of drug-likeness (QED) is 0.409. The van der Waals surface area contributed by atoms with Crippen molar-refractivity contribution in [2.45, 2.75) is 53.4 Å². The predicted octanol–water partition coefficient (Wildman–Crippen LogP) is 4.88. The van der Waals surface area contributed by atoms with E-state index in [0.29, 0.717) is 24.0 Å². The van der Waals surface area contributed by atoms with Crippen molar-refractivity contribution in [2.24, 2.45) is 11.8 Å². The van der Waals surface area contributed by atoms with E-state index in [-0.39, 0.29) is 24.8 Å². The van der Waals surface area contributed by atoms with Gasteiger partial charge in [0.2, 0.25) is 0 Å². The summed E-state index contributed by atoms with van der Waals surface area (Å²) in [6.07, 6.45) is 2.55. The number of rotatable bonds is 8. The van der Waals surface area contributed by atoms with Gasteiger partial charge in [0.25, 0.3) is 0 Å². The fraction of sp³-hybridized carbons (Fsp3) is 0.429. The molecule has 0 aliphatic heterocycles. The average Bonchev–Trinajstić information content (AvgIpc) is 2.83. The summed E-state index contributed by atoms with van der Waals surface area (Å²) in [5.41, 5.74) is 5.10. The van der Waals surface area contributed by atoms with Gasteiger partial charge in [0.1, 0.15) is 0 Å². The fourth-order valence-electron chi connectivity index (χ4n) is 4.18. The number of carbonyl (C=O) groups is 4. The van der Waals surface area contributed by atoms with Gasteiger partial charge in [-0.05, 0) is 74.9 Å². The van der Waals surface area contributed by atoms with E-state index in [1.54, 1.807) is 24.3 Å². The Morgan fingerprint density at radius 1 is 0.647 bits per heavy atom. The molecule has 2 aromatic rings. The zero-order chi connectivity index (χ0) is 24.8. The normalized spacial score (nSPS) is 17.6. The molecule has 0 saturated heterocycles. The van der Waals surface area contributed by atoms with Gasteiger partial charge in [-0.2, -0.15) is 0 Å². The van der Waals surface area contributed by atoms with Crippen LogP contribution < -0.4 is 0 Å². The minimum absolute atomic E-state index is 0.287. The smallest absolute Gasteiger partial charge is 0.310 e. The highest BCUT2D eigenvalue weighted by atomic mass is 16.5. The number of carbonyl (C=O) groups excluding carboxylic acids is 4. The van der Waals surface area contributed by atoms with Crippen LogP contribution in [-0.2, 0) is 19.1 Å². The Morgan fingerprint density at radius 2 is 1.03 bits per heavy atom. The number of ether oxygens (including phenoxy) is 2. The predicted molar refractivity (Wildman–Crippen MR) is 128 cm³/mol. The van der Waals surface area contributed by atoms with Crippen LogP contribution >= 0.6 is 0 Å². The van der Waals surface area contributed by atoms with Gasteiger partial charge in [0, 0.05) is 11.1 Å². The number of esters is 2. The molecular formula is C28H32O6. The largest absolute Gasteiger partial charge is 0.457 e. The first kappa shape index (κ1) is 25.3. The summed E-state index contributed by atoms with van der Waals surface area (Å²) >= 11 is 0. The third kappa shape index (κ3) is 6.19. The Kier molecular flexibility index (Phi) is 8.37. The molecule has 6 heteroatoms. The molecular weight excluding hydrogens is 432 g/mol. The van der Waals surface area contributed by atoms with E-state index in [1.807, 2.05) is 39.8 Å². The zero-order valence-electron chi connectivity index (χ0n) is 20.3. The minimum Gasteiger partial charge on any atom is -0.457 e. The van der Waals surface area contributed by atoms with Crippen molar-refractivity contribution in [1.29, 1.82) is 0 Å². The van der Waals surface area contributed by atoms with Crippen molar-refractivity contribution in [2.75, 3.05) is 13.2 Å². The van der Waals surface area contributed by atoms with Gasteiger partial charge in [0.05, 0.1) is 11.8 Å². The van der Waals surface area contributed by atoms with Crippen molar-refractivity contribution in [1.82, 2.24) is 0 Å². The van der Waals surface area contributed by atoms with Gasteiger partial charge in [-0.1, -0.05) is 37.1 Å². The fourth-order valence-corrected chi connectivity index (χ4v) is 4.18. The third-order valence-electron chi connectivity index (χ3n) is 6.72. The van der Waals surface area contributed by atoms with Crippen LogP contribution in [0.2, 0.25) is 0 Å². The van der Waals surface area contributed by atoms with Crippen molar-refractivity contribution >= 4 is 23.5 Å². The highest BCUT2D eigenvalue weighted by molar-refractivity contribution is 5.99. The molecule has 0 unspecified atom stereocenters. The van der Waals surface area contributed by atoms with Crippen LogP contribution in [0, 0.1) is 39.5 Å². The van der Waals surface area contributed by atoms with E-state index in [9.17, 15) is 19.2 Å². The summed E-state index contributed by atoms with van der Waals surface area (Å²) in [5.74, 6) is -3.06. The first-order valence-corrected chi connectivity index (χ1v) is 11.7. The van der Waals surface area contributed by atoms with E-state index in [0.717, 1.165) is 35.1 Å². The summed E-state index contributed by atoms with van der Waals surface area (Å²) in [4.78, 5) is 50.4. The van der Waals surface area contributed by atoms with E-state index in [1.165, 1.54) is 0 Å². The first-order valence-electron chi connectivity index (χ1n) is 11.7. The maximum Gasteiger partial charge on any atom is 0.310 e. The van der Waals surface area contributed by atoms with Crippen molar-refractivity contribution in [3.63, 3.8) is 0 Å². The van der Waals surface area contributed by atoms with Crippen LogP contribution in [0.25, 0.3) is 0 Å². The Morgan fingerprint density at radius 3 is 1.38 bits per heavy atom. The molecule has 0 amide bonds. The second-order valence-electron chi connectivity index (χ2n) is 9.16. The lowest BCUT2D eigenvalue weighted by Gasteiger charge is -2.28. The lowest BCUT2D eigenvalue weighted by molar-refractivity contribution is -0.161. The molecule has 1 aliphatic rings. The molecule has 1 aliphatic carbocycles. The maximum absolute atomic E-state index is 12.7. The Balaban J connectivity index is 1.56. The average molecular weight is 465 g/mol. The van der Waals surface area contributed by atoms with Gasteiger partial charge < -0.3 is 9.47 Å². The summed E-state index contributed by atoms with van der Waals surface area (Å²) in [7, 11) is 0. The monoisotopic (exact) mass is 464 g/mol. The molecule has 1 fully saturated rings. The molecule has 0 N–H and O–H groups in total. The molecule has 0 heterocycles. The molecule has 180 valence electrons. The second kappa shape index (κ2) is 11.2. The number of hydrogen-bond acceptors (Lipinski definition) is 6. The van der Waals surface area contributed by atoms with Gasteiger partial charge in [-0.25, -0.2) is 0 Å². The van der Waals surface area contributed by atoms with E-state index in [4.69, 9.17) is 9.47 Å². The third-order valence-corrected chi connectivity index (χ3v) is 6.72. The highest BCUT2D eigenvalue weighted by Gasteiger charge is 2.38. The Bertz CT molecular complexity index is 1010. The maximum atomic E-state index is 12.7. The Labute approximate surface area is 200 Å². The van der Waals surface area contributed by atoms with Crippen LogP contribution in [0.4, 0.5) is 0 Å². The van der Waals surface area contributed by atoms with Crippen LogP contribution in [-0.4, -0.2) is 36.7 Å². The lowest BCUT2D eigenvalue weighted by Crippen LogP contribution is -2.36. The van der Waals surface area contributed by atoms with E-state index < -0.39 is 23.8 Å². The molecule has 3 rings (SSSR count). The number of ketones is 2. The summed E-state index contributed by atoms with van der Waals surface area (Å²) in [6, 6.07) is 10.7. The van der Waals surface area contributed by atoms with Crippen LogP contribution in [0.15, 0.2) is 36.4 Å².